The molecule has 1 aliphatic rings. The summed E-state index contributed by atoms with van der Waals surface area (Å²) >= 11 is 0. The van der Waals surface area contributed by atoms with Crippen molar-refractivity contribution in [1.82, 2.24) is 19.1 Å². The lowest BCUT2D eigenvalue weighted by Crippen LogP contribution is -2.33. The fourth-order valence-electron chi connectivity index (χ4n) is 10.7. The molecule has 12 aromatic rings. The second-order valence-corrected chi connectivity index (χ2v) is 18.8. The van der Waals surface area contributed by atoms with Gasteiger partial charge in [-0.2, -0.15) is 0 Å². The zero-order chi connectivity index (χ0) is 42.2. The van der Waals surface area contributed by atoms with Crippen LogP contribution in [-0.4, -0.2) is 19.1 Å². The third kappa shape index (κ3) is 5.29. The summed E-state index contributed by atoms with van der Waals surface area (Å²) in [5, 5.41) is 8.28. The molecule has 0 saturated carbocycles. The first-order valence-electron chi connectivity index (χ1n) is 22.1. The first kappa shape index (κ1) is 36.2. The summed E-state index contributed by atoms with van der Waals surface area (Å²) in [6.45, 7) is 9.65. The van der Waals surface area contributed by atoms with Crippen LogP contribution >= 0.6 is 0 Å². The summed E-state index contributed by atoms with van der Waals surface area (Å²) in [7, 11) is 0. The molecule has 0 spiro atoms. The van der Waals surface area contributed by atoms with E-state index in [2.05, 4.69) is 195 Å². The van der Waals surface area contributed by atoms with Gasteiger partial charge in [-0.05, 0) is 99.8 Å². The normalized spacial score (nSPS) is 14.8. The Hall–Kier alpha value is -7.50. The third-order valence-corrected chi connectivity index (χ3v) is 14.2. The van der Waals surface area contributed by atoms with Crippen LogP contribution in [-0.2, 0) is 10.8 Å². The van der Waals surface area contributed by atoms with Gasteiger partial charge in [0, 0.05) is 43.6 Å². The van der Waals surface area contributed by atoms with Crippen molar-refractivity contribution in [2.45, 2.75) is 51.4 Å². The van der Waals surface area contributed by atoms with E-state index in [-0.39, 0.29) is 10.8 Å². The molecule has 302 valence electrons. The molecular formula is C58H44N4O. The smallest absolute Gasteiger partial charge is 0.236 e. The molecule has 0 atom stereocenters. The fraction of sp³-hybridized carbons (Fsp3) is 0.138. The van der Waals surface area contributed by atoms with Crippen LogP contribution in [0.1, 0.15) is 51.7 Å². The summed E-state index contributed by atoms with van der Waals surface area (Å²) in [6, 6.07) is 61.4. The van der Waals surface area contributed by atoms with E-state index < -0.39 is 0 Å². The number of hydrogen-bond donors (Lipinski definition) is 0. The number of rotatable bonds is 4. The van der Waals surface area contributed by atoms with Gasteiger partial charge >= 0.3 is 0 Å². The van der Waals surface area contributed by atoms with Crippen molar-refractivity contribution < 1.29 is 4.42 Å². The first-order chi connectivity index (χ1) is 30.7. The average molecular weight is 813 g/mol. The number of benzene rings is 8. The first-order valence-corrected chi connectivity index (χ1v) is 22.1. The topological polar surface area (TPSA) is 48.8 Å². The Morgan fingerprint density at radius 2 is 1.05 bits per heavy atom. The highest BCUT2D eigenvalue weighted by molar-refractivity contribution is 6.23. The van der Waals surface area contributed by atoms with Crippen LogP contribution in [0.15, 0.2) is 174 Å². The van der Waals surface area contributed by atoms with Crippen molar-refractivity contribution >= 4 is 76.5 Å². The predicted octanol–water partition coefficient (Wildman–Crippen LogP) is 15.4. The molecule has 13 rings (SSSR count). The molecule has 0 saturated heterocycles. The monoisotopic (exact) mass is 812 g/mol. The van der Waals surface area contributed by atoms with Gasteiger partial charge in [-0.1, -0.05) is 149 Å². The lowest BCUT2D eigenvalue weighted by molar-refractivity contribution is 0.332. The molecule has 8 aromatic carbocycles. The molecule has 1 aliphatic carbocycles. The molecule has 0 N–H and O–H groups in total. The number of para-hydroxylation sites is 2. The minimum Gasteiger partial charge on any atom is -0.452 e. The fourth-order valence-corrected chi connectivity index (χ4v) is 10.7. The van der Waals surface area contributed by atoms with Crippen molar-refractivity contribution in [1.29, 1.82) is 0 Å². The lowest BCUT2D eigenvalue weighted by atomic mass is 9.63. The van der Waals surface area contributed by atoms with Gasteiger partial charge in [0.2, 0.25) is 5.95 Å². The quantitative estimate of drug-likeness (QED) is 0.178. The highest BCUT2D eigenvalue weighted by atomic mass is 16.3. The van der Waals surface area contributed by atoms with E-state index in [4.69, 9.17) is 14.4 Å². The number of hydrogen-bond acceptors (Lipinski definition) is 3. The van der Waals surface area contributed by atoms with Crippen LogP contribution in [0.4, 0.5) is 0 Å². The molecular weight excluding hydrogens is 769 g/mol. The van der Waals surface area contributed by atoms with Gasteiger partial charge in [-0.15, -0.1) is 0 Å². The Balaban J connectivity index is 1.18. The van der Waals surface area contributed by atoms with Crippen LogP contribution in [0.5, 0.6) is 0 Å². The minimum atomic E-state index is 0.00340. The summed E-state index contributed by atoms with van der Waals surface area (Å²) in [5.74, 6) is 0.621. The maximum Gasteiger partial charge on any atom is 0.236 e. The highest BCUT2D eigenvalue weighted by Gasteiger charge is 2.38. The van der Waals surface area contributed by atoms with Crippen molar-refractivity contribution in [2.24, 2.45) is 0 Å². The van der Waals surface area contributed by atoms with Gasteiger partial charge in [0.15, 0.2) is 5.58 Å². The standard InChI is InChI=1S/C58H44N4O/c1-57(2)29-30-58(3,4)47-33-48-45(32-46(47)57)44-31-43-41-28-27-37-17-11-12-20-40(37)54(41)61(39-18-9-6-10-19-39)49(43)34-50(44)62(48)56-59-52(55-53(60-56)42-21-13-14-22-51(42)63-55)38-25-23-36(24-26-38)35-15-7-5-8-16-35/h5-28,31-34H,29-30H2,1-4H3. The number of aromatic nitrogens is 4. The summed E-state index contributed by atoms with van der Waals surface area (Å²) in [5.41, 5.74) is 14.9. The molecule has 5 nitrogen and oxygen atoms in total. The van der Waals surface area contributed by atoms with E-state index in [0.29, 0.717) is 11.5 Å². The molecule has 0 bridgehead atoms. The van der Waals surface area contributed by atoms with Gasteiger partial charge in [-0.3, -0.25) is 4.57 Å². The summed E-state index contributed by atoms with van der Waals surface area (Å²) in [6.07, 6.45) is 2.26. The van der Waals surface area contributed by atoms with Crippen LogP contribution in [0.25, 0.3) is 110 Å². The van der Waals surface area contributed by atoms with E-state index in [1.165, 1.54) is 54.5 Å². The molecule has 0 aliphatic heterocycles. The molecule has 0 unspecified atom stereocenters. The Morgan fingerprint density at radius 3 is 1.83 bits per heavy atom. The van der Waals surface area contributed by atoms with Crippen LogP contribution in [0.3, 0.4) is 0 Å². The average Bonchev–Trinajstić information content (AvgIpc) is 3.97. The zero-order valence-corrected chi connectivity index (χ0v) is 35.8. The van der Waals surface area contributed by atoms with Gasteiger partial charge < -0.3 is 8.98 Å². The highest BCUT2D eigenvalue weighted by Crippen LogP contribution is 2.50. The molecule has 0 amide bonds. The van der Waals surface area contributed by atoms with E-state index in [1.807, 2.05) is 12.1 Å². The van der Waals surface area contributed by atoms with Gasteiger partial charge in [0.05, 0.1) is 22.1 Å². The van der Waals surface area contributed by atoms with Crippen LogP contribution in [0, 0.1) is 0 Å². The second-order valence-electron chi connectivity index (χ2n) is 18.8. The predicted molar refractivity (Wildman–Crippen MR) is 262 cm³/mol. The Morgan fingerprint density at radius 1 is 0.460 bits per heavy atom. The number of nitrogens with zero attached hydrogens (tertiary/aromatic N) is 4. The van der Waals surface area contributed by atoms with Crippen molar-refractivity contribution in [3.8, 4) is 34.0 Å². The zero-order valence-electron chi connectivity index (χ0n) is 35.8. The Kier molecular flexibility index (Phi) is 7.47. The Labute approximate surface area is 364 Å². The van der Waals surface area contributed by atoms with E-state index >= 15 is 0 Å². The summed E-state index contributed by atoms with van der Waals surface area (Å²) < 4.78 is 11.5. The van der Waals surface area contributed by atoms with Crippen molar-refractivity contribution in [3.05, 3.63) is 181 Å². The molecule has 4 heterocycles. The molecule has 5 heteroatoms. The lowest BCUT2D eigenvalue weighted by Gasteiger charge is -2.42. The third-order valence-electron chi connectivity index (χ3n) is 14.2. The maximum atomic E-state index is 6.68. The van der Waals surface area contributed by atoms with E-state index in [1.54, 1.807) is 0 Å². The Bertz CT molecular complexity index is 3830. The largest absolute Gasteiger partial charge is 0.452 e. The molecule has 63 heavy (non-hydrogen) atoms. The minimum absolute atomic E-state index is 0.00340. The summed E-state index contributed by atoms with van der Waals surface area (Å²) in [4.78, 5) is 11.1. The SMILES string of the molecule is CC1(C)CCC(C)(C)c2cc3c(cc21)c1cc2c4ccc5ccccc5c4n(-c4ccccc4)c2cc1n3-c1nc(-c2ccc(-c3ccccc3)cc2)c2oc3ccccc3c2n1. The number of furan rings is 1. The molecule has 0 fully saturated rings. The van der Waals surface area contributed by atoms with Gasteiger partial charge in [-0.25, -0.2) is 9.97 Å². The van der Waals surface area contributed by atoms with E-state index in [0.717, 1.165) is 68.4 Å². The number of fused-ring (bicyclic) bond motifs is 12. The van der Waals surface area contributed by atoms with Gasteiger partial charge in [0.1, 0.15) is 16.8 Å². The van der Waals surface area contributed by atoms with Gasteiger partial charge in [0.25, 0.3) is 0 Å². The van der Waals surface area contributed by atoms with Crippen molar-refractivity contribution in [2.75, 3.05) is 0 Å². The van der Waals surface area contributed by atoms with Crippen LogP contribution < -0.4 is 0 Å². The van der Waals surface area contributed by atoms with E-state index in [9.17, 15) is 0 Å². The van der Waals surface area contributed by atoms with Crippen LogP contribution in [0.2, 0.25) is 0 Å². The molecule has 0 radical (unpaired) electrons. The molecule has 4 aromatic heterocycles. The van der Waals surface area contributed by atoms with Crippen molar-refractivity contribution in [3.63, 3.8) is 0 Å². The second kappa shape index (κ2) is 13.0. The maximum absolute atomic E-state index is 6.68.